The molecule has 4 nitrogen and oxygen atoms in total. The molecule has 0 spiro atoms. The van der Waals surface area contributed by atoms with Gasteiger partial charge in [-0.3, -0.25) is 4.79 Å². The molecule has 0 saturated heterocycles. The summed E-state index contributed by atoms with van der Waals surface area (Å²) in [6.07, 6.45) is -1.79. The number of carbonyl (C=O) groups is 1. The van der Waals surface area contributed by atoms with Crippen molar-refractivity contribution in [3.05, 3.63) is 29.8 Å². The number of benzene rings is 1. The highest BCUT2D eigenvalue weighted by molar-refractivity contribution is 5.77. The van der Waals surface area contributed by atoms with Gasteiger partial charge in [0.05, 0.1) is 13.2 Å². The minimum absolute atomic E-state index is 0.123. The fourth-order valence-electron chi connectivity index (χ4n) is 1.70. The highest BCUT2D eigenvalue weighted by atomic mass is 19.3. The van der Waals surface area contributed by atoms with Gasteiger partial charge in [-0.1, -0.05) is 19.1 Å². The minimum Gasteiger partial charge on any atom is -0.484 e. The van der Waals surface area contributed by atoms with Crippen LogP contribution in [-0.2, 0) is 11.2 Å². The number of halogens is 2. The Hall–Kier alpha value is -1.69. The quantitative estimate of drug-likeness (QED) is 0.792. The number of nitrogens with zero attached hydrogens (tertiary/aromatic N) is 1. The summed E-state index contributed by atoms with van der Waals surface area (Å²) in [5.41, 5.74) is 1.06. The first-order valence-corrected chi connectivity index (χ1v) is 6.45. The van der Waals surface area contributed by atoms with Crippen molar-refractivity contribution < 1.29 is 23.4 Å². The molecule has 0 unspecified atom stereocenters. The lowest BCUT2D eigenvalue weighted by molar-refractivity contribution is -0.135. The Morgan fingerprint density at radius 3 is 2.80 bits per heavy atom. The second-order valence-corrected chi connectivity index (χ2v) is 4.24. The first kappa shape index (κ1) is 16.4. The van der Waals surface area contributed by atoms with Crippen molar-refractivity contribution in [3.63, 3.8) is 0 Å². The van der Waals surface area contributed by atoms with Crippen molar-refractivity contribution in [3.8, 4) is 5.75 Å². The highest BCUT2D eigenvalue weighted by Crippen LogP contribution is 2.13. The van der Waals surface area contributed by atoms with Gasteiger partial charge in [-0.2, -0.15) is 0 Å². The second kappa shape index (κ2) is 8.47. The van der Waals surface area contributed by atoms with Crippen molar-refractivity contribution in [1.82, 2.24) is 4.90 Å². The number of aliphatic hydroxyl groups is 1. The average Bonchev–Trinajstić information content (AvgIpc) is 2.44. The van der Waals surface area contributed by atoms with Gasteiger partial charge in [0, 0.05) is 6.54 Å². The van der Waals surface area contributed by atoms with Crippen LogP contribution in [0.15, 0.2) is 24.3 Å². The lowest BCUT2D eigenvalue weighted by Gasteiger charge is -2.21. The molecule has 1 N–H and O–H groups in total. The van der Waals surface area contributed by atoms with Crippen LogP contribution < -0.4 is 4.74 Å². The molecule has 0 radical (unpaired) electrons. The maximum Gasteiger partial charge on any atom is 0.260 e. The van der Waals surface area contributed by atoms with Crippen LogP contribution in [0.5, 0.6) is 5.75 Å². The van der Waals surface area contributed by atoms with E-state index in [4.69, 9.17) is 9.84 Å². The standard InChI is InChI=1S/C14H19F2NO3/c1-2-11-4-3-5-12(8-11)20-10-14(19)17(6-7-18)9-13(15)16/h3-5,8,13,18H,2,6-7,9-10H2,1H3. The second-order valence-electron chi connectivity index (χ2n) is 4.24. The van der Waals surface area contributed by atoms with E-state index in [9.17, 15) is 13.6 Å². The normalized spacial score (nSPS) is 10.7. The summed E-state index contributed by atoms with van der Waals surface area (Å²) in [5.74, 6) is -0.0417. The molecule has 0 aliphatic carbocycles. The van der Waals surface area contributed by atoms with E-state index in [0.717, 1.165) is 16.9 Å². The molecule has 0 aliphatic rings. The number of alkyl halides is 2. The van der Waals surface area contributed by atoms with Crippen molar-refractivity contribution in [2.24, 2.45) is 0 Å². The van der Waals surface area contributed by atoms with E-state index in [2.05, 4.69) is 0 Å². The Kier molecular flexibility index (Phi) is 6.93. The molecule has 0 aliphatic heterocycles. The zero-order valence-electron chi connectivity index (χ0n) is 11.4. The maximum absolute atomic E-state index is 12.3. The lowest BCUT2D eigenvalue weighted by Crippen LogP contribution is -2.40. The Labute approximate surface area is 117 Å². The van der Waals surface area contributed by atoms with Gasteiger partial charge >= 0.3 is 0 Å². The smallest absolute Gasteiger partial charge is 0.260 e. The molecule has 1 aromatic rings. The summed E-state index contributed by atoms with van der Waals surface area (Å²) in [4.78, 5) is 12.7. The average molecular weight is 287 g/mol. The summed E-state index contributed by atoms with van der Waals surface area (Å²) >= 11 is 0. The molecule has 1 aromatic carbocycles. The molecule has 20 heavy (non-hydrogen) atoms. The summed E-state index contributed by atoms with van der Waals surface area (Å²) in [6.45, 7) is 0.499. The SMILES string of the molecule is CCc1cccc(OCC(=O)N(CCO)CC(F)F)c1. The van der Waals surface area contributed by atoms with Crippen molar-refractivity contribution >= 4 is 5.91 Å². The number of rotatable bonds is 8. The highest BCUT2D eigenvalue weighted by Gasteiger charge is 2.18. The fraction of sp³-hybridized carbons (Fsp3) is 0.500. The van der Waals surface area contributed by atoms with Gasteiger partial charge in [-0.15, -0.1) is 0 Å². The first-order valence-electron chi connectivity index (χ1n) is 6.45. The molecule has 112 valence electrons. The molecule has 0 atom stereocenters. The third-order valence-electron chi connectivity index (χ3n) is 2.75. The van der Waals surface area contributed by atoms with Gasteiger partial charge in [0.2, 0.25) is 0 Å². The van der Waals surface area contributed by atoms with Gasteiger partial charge in [0.1, 0.15) is 5.75 Å². The lowest BCUT2D eigenvalue weighted by atomic mass is 10.2. The van der Waals surface area contributed by atoms with E-state index in [-0.39, 0.29) is 19.8 Å². The topological polar surface area (TPSA) is 49.8 Å². The van der Waals surface area contributed by atoms with Gasteiger partial charge in [0.25, 0.3) is 12.3 Å². The molecule has 0 aromatic heterocycles. The Morgan fingerprint density at radius 2 is 2.20 bits per heavy atom. The van der Waals surface area contributed by atoms with Gasteiger partial charge in [-0.25, -0.2) is 8.78 Å². The van der Waals surface area contributed by atoms with Crippen LogP contribution in [0.3, 0.4) is 0 Å². The Morgan fingerprint density at radius 1 is 1.45 bits per heavy atom. The van der Waals surface area contributed by atoms with Gasteiger partial charge in [0.15, 0.2) is 6.61 Å². The van der Waals surface area contributed by atoms with Crippen LogP contribution in [0, 0.1) is 0 Å². The summed E-state index contributed by atoms with van der Waals surface area (Å²) in [6, 6.07) is 7.25. The van der Waals surface area contributed by atoms with Crippen molar-refractivity contribution in [2.45, 2.75) is 19.8 Å². The largest absolute Gasteiger partial charge is 0.484 e. The van der Waals surface area contributed by atoms with Crippen LogP contribution >= 0.6 is 0 Å². The predicted molar refractivity (Wildman–Crippen MR) is 71.0 cm³/mol. The summed E-state index contributed by atoms with van der Waals surface area (Å²) in [5, 5.41) is 8.77. The molecule has 0 fully saturated rings. The number of hydrogen-bond donors (Lipinski definition) is 1. The third-order valence-corrected chi connectivity index (χ3v) is 2.75. The Balaban J connectivity index is 2.55. The molecule has 1 amide bonds. The summed E-state index contributed by atoms with van der Waals surface area (Å²) < 4.78 is 29.9. The van der Waals surface area contributed by atoms with E-state index < -0.39 is 18.9 Å². The van der Waals surface area contributed by atoms with E-state index >= 15 is 0 Å². The fourth-order valence-corrected chi connectivity index (χ4v) is 1.70. The zero-order valence-corrected chi connectivity index (χ0v) is 11.4. The van der Waals surface area contributed by atoms with Crippen LogP contribution in [0.2, 0.25) is 0 Å². The van der Waals surface area contributed by atoms with Crippen LogP contribution in [0.1, 0.15) is 12.5 Å². The van der Waals surface area contributed by atoms with Crippen molar-refractivity contribution in [2.75, 3.05) is 26.3 Å². The zero-order chi connectivity index (χ0) is 15.0. The molecule has 0 heterocycles. The molecule has 1 rings (SSSR count). The number of carbonyl (C=O) groups excluding carboxylic acids is 1. The van der Waals surface area contributed by atoms with Gasteiger partial charge < -0.3 is 14.7 Å². The predicted octanol–water partition coefficient (Wildman–Crippen LogP) is 1.71. The molecular weight excluding hydrogens is 268 g/mol. The minimum atomic E-state index is -2.63. The summed E-state index contributed by atoms with van der Waals surface area (Å²) in [7, 11) is 0. The Bertz CT molecular complexity index is 427. The van der Waals surface area contributed by atoms with E-state index in [1.54, 1.807) is 12.1 Å². The van der Waals surface area contributed by atoms with Crippen LogP contribution in [-0.4, -0.2) is 48.6 Å². The molecule has 0 bridgehead atoms. The van der Waals surface area contributed by atoms with Crippen molar-refractivity contribution in [1.29, 1.82) is 0 Å². The van der Waals surface area contributed by atoms with Crippen LogP contribution in [0.25, 0.3) is 0 Å². The molecular formula is C14H19F2NO3. The first-order chi connectivity index (χ1) is 9.56. The number of hydrogen-bond acceptors (Lipinski definition) is 3. The van der Waals surface area contributed by atoms with E-state index in [1.807, 2.05) is 19.1 Å². The van der Waals surface area contributed by atoms with Gasteiger partial charge in [-0.05, 0) is 24.1 Å². The monoisotopic (exact) mass is 287 g/mol. The maximum atomic E-state index is 12.3. The third kappa shape index (κ3) is 5.52. The number of aryl methyl sites for hydroxylation is 1. The number of amides is 1. The number of ether oxygens (including phenoxy) is 1. The van der Waals surface area contributed by atoms with E-state index in [1.165, 1.54) is 0 Å². The van der Waals surface area contributed by atoms with Crippen LogP contribution in [0.4, 0.5) is 8.78 Å². The molecule has 6 heteroatoms. The number of aliphatic hydroxyl groups excluding tert-OH is 1. The van der Waals surface area contributed by atoms with E-state index in [0.29, 0.717) is 5.75 Å². The molecule has 0 saturated carbocycles.